The molecular weight excluding hydrogens is 432 g/mol. The van der Waals surface area contributed by atoms with Crippen molar-refractivity contribution in [3.05, 3.63) is 59.2 Å². The highest BCUT2D eigenvalue weighted by molar-refractivity contribution is 6.09. The number of para-hydroxylation sites is 2. The number of aryl methyl sites for hydroxylation is 2. The van der Waals surface area contributed by atoms with Gasteiger partial charge in [0, 0.05) is 26.2 Å². The van der Waals surface area contributed by atoms with Gasteiger partial charge in [0.25, 0.3) is 5.91 Å². The molecule has 4 amide bonds. The van der Waals surface area contributed by atoms with Gasteiger partial charge in [-0.3, -0.25) is 14.5 Å². The molecule has 34 heavy (non-hydrogen) atoms. The van der Waals surface area contributed by atoms with Crippen LogP contribution in [0.25, 0.3) is 0 Å². The van der Waals surface area contributed by atoms with E-state index in [1.54, 1.807) is 18.9 Å². The number of fused-ring (bicyclic) bond motifs is 1. The van der Waals surface area contributed by atoms with Crippen molar-refractivity contribution < 1.29 is 19.1 Å². The SMILES string of the molecule is COc1ccccc1N1CCN(C(=O)CN2C(=O)NC(C)(c3ccc4c(c3)CCC4)C2=O)CC1. The fourth-order valence-electron chi connectivity index (χ4n) is 5.24. The predicted octanol–water partition coefficient (Wildman–Crippen LogP) is 2.30. The van der Waals surface area contributed by atoms with Crippen molar-refractivity contribution in [3.8, 4) is 5.75 Å². The Morgan fingerprint density at radius 2 is 1.76 bits per heavy atom. The molecule has 178 valence electrons. The van der Waals surface area contributed by atoms with Gasteiger partial charge in [-0.1, -0.05) is 30.3 Å². The van der Waals surface area contributed by atoms with Crippen LogP contribution in [-0.2, 0) is 28.0 Å². The molecule has 1 N–H and O–H groups in total. The molecule has 0 spiro atoms. The van der Waals surface area contributed by atoms with E-state index >= 15 is 0 Å². The highest BCUT2D eigenvalue weighted by Crippen LogP contribution is 2.33. The van der Waals surface area contributed by atoms with Crippen LogP contribution < -0.4 is 15.0 Å². The zero-order valence-electron chi connectivity index (χ0n) is 19.7. The Labute approximate surface area is 199 Å². The molecule has 0 bridgehead atoms. The maximum absolute atomic E-state index is 13.3. The summed E-state index contributed by atoms with van der Waals surface area (Å²) in [6.07, 6.45) is 3.16. The van der Waals surface area contributed by atoms with Gasteiger partial charge in [-0.25, -0.2) is 4.79 Å². The number of benzene rings is 2. The third-order valence-electron chi connectivity index (χ3n) is 7.30. The van der Waals surface area contributed by atoms with Crippen LogP contribution in [0.1, 0.15) is 30.0 Å². The van der Waals surface area contributed by atoms with Gasteiger partial charge in [0.2, 0.25) is 5.91 Å². The van der Waals surface area contributed by atoms with E-state index in [2.05, 4.69) is 16.3 Å². The van der Waals surface area contributed by atoms with Crippen molar-refractivity contribution in [2.75, 3.05) is 44.7 Å². The lowest BCUT2D eigenvalue weighted by Crippen LogP contribution is -2.52. The summed E-state index contributed by atoms with van der Waals surface area (Å²) in [6, 6.07) is 13.3. The number of carbonyl (C=O) groups excluding carboxylic acids is 3. The quantitative estimate of drug-likeness (QED) is 0.690. The number of methoxy groups -OCH3 is 1. The highest BCUT2D eigenvalue weighted by Gasteiger charge is 2.50. The first kappa shape index (κ1) is 22.3. The van der Waals surface area contributed by atoms with Crippen molar-refractivity contribution >= 4 is 23.5 Å². The van der Waals surface area contributed by atoms with Crippen LogP contribution in [0.5, 0.6) is 5.75 Å². The Hall–Kier alpha value is -3.55. The molecule has 1 unspecified atom stereocenters. The second-order valence-corrected chi connectivity index (χ2v) is 9.32. The third kappa shape index (κ3) is 3.77. The molecule has 1 atom stereocenters. The van der Waals surface area contributed by atoms with E-state index in [1.165, 1.54) is 11.1 Å². The topological polar surface area (TPSA) is 82.2 Å². The number of ether oxygens (including phenoxy) is 1. The summed E-state index contributed by atoms with van der Waals surface area (Å²) in [5.74, 6) is 0.199. The molecule has 8 heteroatoms. The van der Waals surface area contributed by atoms with Crippen LogP contribution in [0.2, 0.25) is 0 Å². The number of imide groups is 1. The average molecular weight is 463 g/mol. The van der Waals surface area contributed by atoms with Gasteiger partial charge in [0.1, 0.15) is 17.8 Å². The van der Waals surface area contributed by atoms with E-state index in [4.69, 9.17) is 4.74 Å². The molecule has 2 aliphatic heterocycles. The van der Waals surface area contributed by atoms with Crippen LogP contribution in [0.4, 0.5) is 10.5 Å². The monoisotopic (exact) mass is 462 g/mol. The predicted molar refractivity (Wildman–Crippen MR) is 128 cm³/mol. The van der Waals surface area contributed by atoms with Crippen molar-refractivity contribution in [2.45, 2.75) is 31.7 Å². The smallest absolute Gasteiger partial charge is 0.325 e. The Bertz CT molecular complexity index is 1140. The number of carbonyl (C=O) groups is 3. The van der Waals surface area contributed by atoms with Crippen LogP contribution in [-0.4, -0.2) is 67.5 Å². The number of hydrogen-bond donors (Lipinski definition) is 1. The van der Waals surface area contributed by atoms with Gasteiger partial charge in [-0.2, -0.15) is 0 Å². The lowest BCUT2D eigenvalue weighted by molar-refractivity contribution is -0.139. The molecule has 0 aromatic heterocycles. The molecule has 2 aromatic rings. The summed E-state index contributed by atoms with van der Waals surface area (Å²) >= 11 is 0. The standard InChI is InChI=1S/C26H30N4O4/c1-26(20-11-10-18-6-5-7-19(18)16-20)24(32)30(25(33)27-26)17-23(31)29-14-12-28(13-15-29)21-8-3-4-9-22(21)34-2/h3-4,8-11,16H,5-7,12-15,17H2,1-2H3,(H,27,33). The van der Waals surface area contributed by atoms with E-state index in [0.717, 1.165) is 41.2 Å². The van der Waals surface area contributed by atoms with Crippen LogP contribution in [0.3, 0.4) is 0 Å². The molecule has 2 saturated heterocycles. The molecule has 2 aromatic carbocycles. The first-order valence-electron chi connectivity index (χ1n) is 11.8. The van der Waals surface area contributed by atoms with E-state index in [0.29, 0.717) is 26.2 Å². The summed E-state index contributed by atoms with van der Waals surface area (Å²) in [5.41, 5.74) is 3.16. The van der Waals surface area contributed by atoms with E-state index in [-0.39, 0.29) is 18.4 Å². The minimum atomic E-state index is -1.16. The number of rotatable bonds is 5. The van der Waals surface area contributed by atoms with Crippen LogP contribution in [0.15, 0.2) is 42.5 Å². The first-order valence-corrected chi connectivity index (χ1v) is 11.8. The van der Waals surface area contributed by atoms with Gasteiger partial charge in [0.05, 0.1) is 12.8 Å². The summed E-state index contributed by atoms with van der Waals surface area (Å²) in [5, 5.41) is 2.83. The lowest BCUT2D eigenvalue weighted by Gasteiger charge is -2.37. The lowest BCUT2D eigenvalue weighted by atomic mass is 9.89. The van der Waals surface area contributed by atoms with Gasteiger partial charge >= 0.3 is 6.03 Å². The fraction of sp³-hybridized carbons (Fsp3) is 0.423. The first-order chi connectivity index (χ1) is 16.4. The number of anilines is 1. The molecule has 5 rings (SSSR count). The van der Waals surface area contributed by atoms with Gasteiger partial charge in [-0.05, 0) is 55.0 Å². The third-order valence-corrected chi connectivity index (χ3v) is 7.30. The maximum atomic E-state index is 13.3. The van der Waals surface area contributed by atoms with Crippen LogP contribution in [0, 0.1) is 0 Å². The minimum Gasteiger partial charge on any atom is -0.495 e. The Balaban J connectivity index is 1.24. The summed E-state index contributed by atoms with van der Waals surface area (Å²) in [7, 11) is 1.65. The molecule has 1 aliphatic carbocycles. The summed E-state index contributed by atoms with van der Waals surface area (Å²) in [4.78, 5) is 44.0. The molecule has 3 aliphatic rings. The number of piperazine rings is 1. The minimum absolute atomic E-state index is 0.221. The summed E-state index contributed by atoms with van der Waals surface area (Å²) in [6.45, 7) is 3.81. The van der Waals surface area contributed by atoms with Gasteiger partial charge in [-0.15, -0.1) is 0 Å². The Morgan fingerprint density at radius 1 is 1.03 bits per heavy atom. The summed E-state index contributed by atoms with van der Waals surface area (Å²) < 4.78 is 5.45. The number of nitrogens with zero attached hydrogens (tertiary/aromatic N) is 3. The van der Waals surface area contributed by atoms with Gasteiger partial charge in [0.15, 0.2) is 0 Å². The molecule has 8 nitrogen and oxygen atoms in total. The largest absolute Gasteiger partial charge is 0.495 e. The van der Waals surface area contributed by atoms with Crippen molar-refractivity contribution in [1.29, 1.82) is 0 Å². The molecule has 2 fully saturated rings. The van der Waals surface area contributed by atoms with Crippen molar-refractivity contribution in [3.63, 3.8) is 0 Å². The molecule has 0 saturated carbocycles. The van der Waals surface area contributed by atoms with Crippen molar-refractivity contribution in [1.82, 2.24) is 15.1 Å². The molecular formula is C26H30N4O4. The molecule has 0 radical (unpaired) electrons. The Morgan fingerprint density at radius 3 is 2.53 bits per heavy atom. The van der Waals surface area contributed by atoms with E-state index in [1.807, 2.05) is 36.4 Å². The van der Waals surface area contributed by atoms with Gasteiger partial charge < -0.3 is 19.9 Å². The van der Waals surface area contributed by atoms with Crippen molar-refractivity contribution in [2.24, 2.45) is 0 Å². The zero-order valence-corrected chi connectivity index (χ0v) is 19.7. The number of urea groups is 1. The number of hydrogen-bond acceptors (Lipinski definition) is 5. The zero-order chi connectivity index (χ0) is 23.9. The second-order valence-electron chi connectivity index (χ2n) is 9.32. The van der Waals surface area contributed by atoms with E-state index in [9.17, 15) is 14.4 Å². The number of amides is 4. The van der Waals surface area contributed by atoms with Crippen LogP contribution >= 0.6 is 0 Å². The Kier molecular flexibility index (Phi) is 5.67. The average Bonchev–Trinajstić information content (AvgIpc) is 3.42. The van der Waals surface area contributed by atoms with E-state index < -0.39 is 11.6 Å². The number of nitrogens with one attached hydrogen (secondary N) is 1. The maximum Gasteiger partial charge on any atom is 0.325 e. The fourth-order valence-corrected chi connectivity index (χ4v) is 5.24. The second kappa shape index (κ2) is 8.66. The normalized spacial score (nSPS) is 22.1. The highest BCUT2D eigenvalue weighted by atomic mass is 16.5. The molecule has 2 heterocycles.